The lowest BCUT2D eigenvalue weighted by atomic mass is 10.0. The van der Waals surface area contributed by atoms with Crippen molar-refractivity contribution in [2.24, 2.45) is 0 Å². The Morgan fingerprint density at radius 2 is 1.67 bits per heavy atom. The Hall–Kier alpha value is -2.19. The van der Waals surface area contributed by atoms with Crippen LogP contribution in [0.15, 0.2) is 82.6 Å². The van der Waals surface area contributed by atoms with Gasteiger partial charge in [0.25, 0.3) is 0 Å². The second-order valence-corrected chi connectivity index (χ2v) is 11.8. The van der Waals surface area contributed by atoms with Gasteiger partial charge in [-0.3, -0.25) is 0 Å². The monoisotopic (exact) mass is 461 g/mol. The molecule has 5 nitrogen and oxygen atoms in total. The third-order valence-electron chi connectivity index (χ3n) is 5.16. The molecular weight excluding hydrogens is 442 g/mol. The van der Waals surface area contributed by atoms with Crippen LogP contribution in [0.4, 0.5) is 0 Å². The maximum absolute atomic E-state index is 13.3. The molecule has 30 heavy (non-hydrogen) atoms. The van der Waals surface area contributed by atoms with Gasteiger partial charge in [0.1, 0.15) is 5.25 Å². The molecule has 0 amide bonds. The highest BCUT2D eigenvalue weighted by molar-refractivity contribution is 7.96. The van der Waals surface area contributed by atoms with E-state index in [1.807, 2.05) is 18.2 Å². The van der Waals surface area contributed by atoms with Gasteiger partial charge in [-0.2, -0.15) is 0 Å². The Labute approximate surface area is 181 Å². The lowest BCUT2D eigenvalue weighted by molar-refractivity contribution is 0.581. The number of hydrogen-bond acceptors (Lipinski definition) is 5. The molecule has 1 unspecified atom stereocenters. The first-order valence-corrected chi connectivity index (χ1v) is 13.0. The summed E-state index contributed by atoms with van der Waals surface area (Å²) < 4.78 is 52.0. The summed E-state index contributed by atoms with van der Waals surface area (Å²) in [7, 11) is -7.53. The van der Waals surface area contributed by atoms with Crippen LogP contribution >= 0.6 is 11.6 Å². The van der Waals surface area contributed by atoms with Crippen LogP contribution in [-0.4, -0.2) is 22.6 Å². The Morgan fingerprint density at radius 1 is 0.933 bits per heavy atom. The SMILES string of the molecule is O=S1(=O)CC(S(=O)(=O)c2ccccc2)c2c(CNCc3cccc(Cl)c3)cccc21. The third-order valence-corrected chi connectivity index (χ3v) is 9.49. The van der Waals surface area contributed by atoms with Gasteiger partial charge in [-0.1, -0.05) is 54.1 Å². The molecule has 1 N–H and O–H groups in total. The molecule has 0 aromatic heterocycles. The van der Waals surface area contributed by atoms with E-state index in [0.717, 1.165) is 5.56 Å². The molecule has 8 heteroatoms. The van der Waals surface area contributed by atoms with Crippen molar-refractivity contribution in [2.45, 2.75) is 28.1 Å². The molecular formula is C22H20ClNO4S2. The van der Waals surface area contributed by atoms with Crippen LogP contribution in [-0.2, 0) is 32.8 Å². The van der Waals surface area contributed by atoms with Crippen molar-refractivity contribution in [1.29, 1.82) is 0 Å². The molecule has 1 aliphatic heterocycles. The number of fused-ring (bicyclic) bond motifs is 1. The second kappa shape index (κ2) is 8.15. The molecule has 1 heterocycles. The molecule has 156 valence electrons. The molecule has 3 aromatic carbocycles. The van der Waals surface area contributed by atoms with Gasteiger partial charge in [0.15, 0.2) is 19.7 Å². The molecule has 0 radical (unpaired) electrons. The van der Waals surface area contributed by atoms with E-state index in [1.165, 1.54) is 18.2 Å². The van der Waals surface area contributed by atoms with Crippen LogP contribution in [0.3, 0.4) is 0 Å². The topological polar surface area (TPSA) is 80.3 Å². The second-order valence-electron chi connectivity index (χ2n) is 7.19. The fourth-order valence-corrected chi connectivity index (χ4v) is 8.39. The molecule has 0 bridgehead atoms. The zero-order chi connectivity index (χ0) is 21.4. The first kappa shape index (κ1) is 21.1. The Morgan fingerprint density at radius 3 is 2.40 bits per heavy atom. The predicted octanol–water partition coefficient (Wildman–Crippen LogP) is 3.93. The van der Waals surface area contributed by atoms with E-state index in [1.54, 1.807) is 36.4 Å². The van der Waals surface area contributed by atoms with Crippen molar-refractivity contribution in [3.63, 3.8) is 0 Å². The maximum Gasteiger partial charge on any atom is 0.186 e. The normalized spacial score (nSPS) is 17.6. The molecule has 4 rings (SSSR count). The van der Waals surface area contributed by atoms with Gasteiger partial charge < -0.3 is 5.32 Å². The molecule has 0 spiro atoms. The van der Waals surface area contributed by atoms with Crippen molar-refractivity contribution in [3.05, 3.63) is 94.5 Å². The van der Waals surface area contributed by atoms with E-state index in [2.05, 4.69) is 5.32 Å². The lowest BCUT2D eigenvalue weighted by Gasteiger charge is -2.16. The number of halogens is 1. The zero-order valence-corrected chi connectivity index (χ0v) is 18.3. The van der Waals surface area contributed by atoms with E-state index >= 15 is 0 Å². The Bertz CT molecular complexity index is 1290. The van der Waals surface area contributed by atoms with Crippen LogP contribution in [0.25, 0.3) is 0 Å². The molecule has 0 aliphatic carbocycles. The molecule has 0 saturated heterocycles. The van der Waals surface area contributed by atoms with Crippen LogP contribution < -0.4 is 5.32 Å². The minimum atomic E-state index is -3.85. The third kappa shape index (κ3) is 4.03. The minimum Gasteiger partial charge on any atom is -0.309 e. The summed E-state index contributed by atoms with van der Waals surface area (Å²) in [5, 5.41) is 2.78. The largest absolute Gasteiger partial charge is 0.309 e. The van der Waals surface area contributed by atoms with Gasteiger partial charge in [-0.25, -0.2) is 16.8 Å². The van der Waals surface area contributed by atoms with Gasteiger partial charge in [0.2, 0.25) is 0 Å². The predicted molar refractivity (Wildman–Crippen MR) is 117 cm³/mol. The minimum absolute atomic E-state index is 0.106. The average Bonchev–Trinajstić information content (AvgIpc) is 3.01. The van der Waals surface area contributed by atoms with Crippen molar-refractivity contribution in [1.82, 2.24) is 5.32 Å². The summed E-state index contributed by atoms with van der Waals surface area (Å²) >= 11 is 6.02. The zero-order valence-electron chi connectivity index (χ0n) is 16.0. The fourth-order valence-electron chi connectivity index (χ4n) is 3.76. The average molecular weight is 462 g/mol. The van der Waals surface area contributed by atoms with Gasteiger partial charge in [-0.05, 0) is 47.0 Å². The van der Waals surface area contributed by atoms with Gasteiger partial charge in [0, 0.05) is 18.1 Å². The highest BCUT2D eigenvalue weighted by Gasteiger charge is 2.44. The van der Waals surface area contributed by atoms with Crippen molar-refractivity contribution >= 4 is 31.3 Å². The molecule has 0 saturated carbocycles. The highest BCUT2D eigenvalue weighted by atomic mass is 35.5. The van der Waals surface area contributed by atoms with E-state index in [0.29, 0.717) is 29.2 Å². The Kier molecular flexibility index (Phi) is 5.72. The van der Waals surface area contributed by atoms with Crippen molar-refractivity contribution in [2.75, 3.05) is 5.75 Å². The van der Waals surface area contributed by atoms with E-state index in [9.17, 15) is 16.8 Å². The van der Waals surface area contributed by atoms with Crippen LogP contribution in [0, 0.1) is 0 Å². The van der Waals surface area contributed by atoms with Crippen molar-refractivity contribution in [3.8, 4) is 0 Å². The first-order valence-electron chi connectivity index (χ1n) is 9.38. The quantitative estimate of drug-likeness (QED) is 0.601. The fraction of sp³-hybridized carbons (Fsp3) is 0.182. The van der Waals surface area contributed by atoms with Crippen LogP contribution in [0.2, 0.25) is 5.02 Å². The number of rotatable bonds is 6. The first-order chi connectivity index (χ1) is 14.3. The standard InChI is InChI=1S/C22H20ClNO4S2/c23-18-8-4-6-16(12-18)13-24-14-17-7-5-11-20-22(17)21(15-29(20,25)26)30(27,28)19-9-2-1-3-10-19/h1-12,21,24H,13-15H2. The smallest absolute Gasteiger partial charge is 0.186 e. The summed E-state index contributed by atoms with van der Waals surface area (Å²) in [6.45, 7) is 0.860. The molecule has 3 aromatic rings. The van der Waals surface area contributed by atoms with E-state index < -0.39 is 30.7 Å². The van der Waals surface area contributed by atoms with E-state index in [-0.39, 0.29) is 9.79 Å². The number of hydrogen-bond donors (Lipinski definition) is 1. The Balaban J connectivity index is 1.68. The van der Waals surface area contributed by atoms with E-state index in [4.69, 9.17) is 11.6 Å². The number of nitrogens with one attached hydrogen (secondary N) is 1. The van der Waals surface area contributed by atoms with Gasteiger partial charge in [0.05, 0.1) is 15.5 Å². The number of sulfone groups is 2. The van der Waals surface area contributed by atoms with Gasteiger partial charge >= 0.3 is 0 Å². The summed E-state index contributed by atoms with van der Waals surface area (Å²) in [4.78, 5) is 0.230. The van der Waals surface area contributed by atoms with Crippen LogP contribution in [0.5, 0.6) is 0 Å². The summed E-state index contributed by atoms with van der Waals surface area (Å²) in [6, 6.07) is 20.3. The highest BCUT2D eigenvalue weighted by Crippen LogP contribution is 2.42. The van der Waals surface area contributed by atoms with Crippen LogP contribution in [0.1, 0.15) is 21.9 Å². The molecule has 1 atom stereocenters. The molecule has 1 aliphatic rings. The van der Waals surface area contributed by atoms with Gasteiger partial charge in [-0.15, -0.1) is 0 Å². The number of benzene rings is 3. The van der Waals surface area contributed by atoms with Crippen molar-refractivity contribution < 1.29 is 16.8 Å². The lowest BCUT2D eigenvalue weighted by Crippen LogP contribution is -2.19. The molecule has 0 fully saturated rings. The summed E-state index contributed by atoms with van der Waals surface area (Å²) in [5.41, 5.74) is 2.02. The summed E-state index contributed by atoms with van der Waals surface area (Å²) in [5.74, 6) is -0.440. The maximum atomic E-state index is 13.3. The summed E-state index contributed by atoms with van der Waals surface area (Å²) in [6.07, 6.45) is 0.